The first kappa shape index (κ1) is 14.0. The van der Waals surface area contributed by atoms with Crippen molar-refractivity contribution in [2.24, 2.45) is 0 Å². The minimum atomic E-state index is -3.79. The third-order valence-corrected chi connectivity index (χ3v) is 4.47. The van der Waals surface area contributed by atoms with Gasteiger partial charge in [0.2, 0.25) is 0 Å². The molecule has 1 heterocycles. The van der Waals surface area contributed by atoms with Crippen LogP contribution in [0.2, 0.25) is 0 Å². The number of pyridine rings is 1. The molecule has 0 unspecified atom stereocenters. The summed E-state index contributed by atoms with van der Waals surface area (Å²) in [6.07, 6.45) is 1.12. The minimum absolute atomic E-state index is 0.0386. The van der Waals surface area contributed by atoms with Crippen molar-refractivity contribution in [1.29, 1.82) is 5.26 Å². The van der Waals surface area contributed by atoms with Crippen molar-refractivity contribution in [1.82, 2.24) is 4.98 Å². The maximum Gasteiger partial charge on any atom is 0.265 e. The quantitative estimate of drug-likeness (QED) is 0.866. The lowest BCUT2D eigenvalue weighted by molar-refractivity contribution is 0.593. The van der Waals surface area contributed by atoms with Crippen LogP contribution < -0.4 is 4.31 Å². The fourth-order valence-corrected chi connectivity index (χ4v) is 2.69. The van der Waals surface area contributed by atoms with Crippen molar-refractivity contribution < 1.29 is 12.8 Å². The van der Waals surface area contributed by atoms with E-state index in [1.165, 1.54) is 43.4 Å². The Morgan fingerprint density at radius 1 is 1.20 bits per heavy atom. The lowest BCUT2D eigenvalue weighted by Crippen LogP contribution is -2.26. The number of aromatic nitrogens is 1. The molecule has 1 aromatic heterocycles. The van der Waals surface area contributed by atoms with E-state index in [-0.39, 0.29) is 10.6 Å². The first-order valence-corrected chi connectivity index (χ1v) is 7.00. The van der Waals surface area contributed by atoms with Gasteiger partial charge in [-0.2, -0.15) is 5.26 Å². The number of rotatable bonds is 3. The fourth-order valence-electron chi connectivity index (χ4n) is 1.55. The third kappa shape index (κ3) is 2.60. The maximum absolute atomic E-state index is 12.8. The molecule has 0 aliphatic carbocycles. The molecule has 0 spiro atoms. The summed E-state index contributed by atoms with van der Waals surface area (Å²) in [6.45, 7) is 0. The second-order valence-electron chi connectivity index (χ2n) is 3.94. The van der Waals surface area contributed by atoms with Crippen molar-refractivity contribution in [2.45, 2.75) is 4.90 Å². The van der Waals surface area contributed by atoms with Gasteiger partial charge in [0, 0.05) is 13.2 Å². The molecule has 1 aromatic carbocycles. The second-order valence-corrected chi connectivity index (χ2v) is 5.91. The van der Waals surface area contributed by atoms with Crippen LogP contribution in [0, 0.1) is 17.1 Å². The van der Waals surface area contributed by atoms with Gasteiger partial charge in [-0.1, -0.05) is 0 Å². The van der Waals surface area contributed by atoms with Crippen LogP contribution in [0.25, 0.3) is 0 Å². The van der Waals surface area contributed by atoms with Crippen molar-refractivity contribution in [3.05, 3.63) is 54.1 Å². The van der Waals surface area contributed by atoms with Gasteiger partial charge in [-0.3, -0.25) is 4.31 Å². The van der Waals surface area contributed by atoms with Crippen molar-refractivity contribution >= 4 is 15.7 Å². The van der Waals surface area contributed by atoms with Crippen LogP contribution in [0.4, 0.5) is 10.1 Å². The van der Waals surface area contributed by atoms with E-state index in [4.69, 9.17) is 5.26 Å². The summed E-state index contributed by atoms with van der Waals surface area (Å²) in [7, 11) is -2.43. The number of halogens is 1. The molecule has 2 rings (SSSR count). The van der Waals surface area contributed by atoms with Gasteiger partial charge >= 0.3 is 0 Å². The zero-order chi connectivity index (χ0) is 14.8. The summed E-state index contributed by atoms with van der Waals surface area (Å²) in [6, 6.07) is 9.53. The highest BCUT2D eigenvalue weighted by Gasteiger charge is 2.21. The zero-order valence-corrected chi connectivity index (χ0v) is 11.3. The lowest BCUT2D eigenvalue weighted by atomic mass is 10.3. The number of hydrogen-bond acceptors (Lipinski definition) is 4. The highest BCUT2D eigenvalue weighted by molar-refractivity contribution is 7.92. The molecule has 20 heavy (non-hydrogen) atoms. The van der Waals surface area contributed by atoms with Gasteiger partial charge < -0.3 is 0 Å². The highest BCUT2D eigenvalue weighted by atomic mass is 32.2. The van der Waals surface area contributed by atoms with E-state index < -0.39 is 15.8 Å². The molecule has 7 heteroatoms. The molecule has 2 aromatic rings. The van der Waals surface area contributed by atoms with Gasteiger partial charge in [0.05, 0.1) is 5.69 Å². The third-order valence-electron chi connectivity index (χ3n) is 2.70. The number of sulfonamides is 1. The molecule has 0 aliphatic rings. The normalized spacial score (nSPS) is 10.8. The van der Waals surface area contributed by atoms with Gasteiger partial charge in [0.15, 0.2) is 0 Å². The van der Waals surface area contributed by atoms with Gasteiger partial charge in [0.1, 0.15) is 22.5 Å². The van der Waals surface area contributed by atoms with Gasteiger partial charge in [-0.05, 0) is 36.4 Å². The number of nitrogens with zero attached hydrogens (tertiary/aromatic N) is 3. The van der Waals surface area contributed by atoms with Crippen molar-refractivity contribution in [2.75, 3.05) is 11.4 Å². The number of nitriles is 1. The summed E-state index contributed by atoms with van der Waals surface area (Å²) in [4.78, 5) is 3.69. The lowest BCUT2D eigenvalue weighted by Gasteiger charge is -2.19. The Bertz CT molecular complexity index is 750. The summed E-state index contributed by atoms with van der Waals surface area (Å²) < 4.78 is 38.5. The SMILES string of the molecule is CN(c1ccc(F)cc1)S(=O)(=O)c1ccc(C#N)nc1. The molecule has 5 nitrogen and oxygen atoms in total. The van der Waals surface area contributed by atoms with E-state index in [0.29, 0.717) is 5.69 Å². The van der Waals surface area contributed by atoms with E-state index in [0.717, 1.165) is 10.5 Å². The largest absolute Gasteiger partial charge is 0.269 e. The first-order chi connectivity index (χ1) is 9.45. The average molecular weight is 291 g/mol. The molecule has 0 amide bonds. The number of benzene rings is 1. The smallest absolute Gasteiger partial charge is 0.265 e. The number of anilines is 1. The minimum Gasteiger partial charge on any atom is -0.269 e. The highest BCUT2D eigenvalue weighted by Crippen LogP contribution is 2.21. The maximum atomic E-state index is 12.8. The van der Waals surface area contributed by atoms with Crippen LogP contribution in [0.15, 0.2) is 47.5 Å². The van der Waals surface area contributed by atoms with Gasteiger partial charge in [0.25, 0.3) is 10.0 Å². The van der Waals surface area contributed by atoms with Crippen LogP contribution in [-0.2, 0) is 10.0 Å². The molecule has 0 radical (unpaired) electrons. The second kappa shape index (κ2) is 5.27. The Balaban J connectivity index is 2.38. The molecular formula is C13H10FN3O2S. The Kier molecular flexibility index (Phi) is 3.68. The van der Waals surface area contributed by atoms with Crippen LogP contribution in [-0.4, -0.2) is 20.4 Å². The summed E-state index contributed by atoms with van der Waals surface area (Å²) >= 11 is 0. The molecule has 0 N–H and O–H groups in total. The molecular weight excluding hydrogens is 281 g/mol. The van der Waals surface area contributed by atoms with Gasteiger partial charge in [-0.25, -0.2) is 17.8 Å². The van der Waals surface area contributed by atoms with E-state index in [1.807, 2.05) is 6.07 Å². The van der Waals surface area contributed by atoms with Crippen LogP contribution in [0.1, 0.15) is 5.69 Å². The predicted octanol–water partition coefficient (Wildman–Crippen LogP) is 1.92. The summed E-state index contributed by atoms with van der Waals surface area (Å²) in [5.41, 5.74) is 0.462. The molecule has 0 fully saturated rings. The van der Waals surface area contributed by atoms with Crippen LogP contribution in [0.3, 0.4) is 0 Å². The number of hydrogen-bond donors (Lipinski definition) is 0. The Morgan fingerprint density at radius 2 is 1.85 bits per heavy atom. The Morgan fingerprint density at radius 3 is 2.35 bits per heavy atom. The molecule has 0 saturated heterocycles. The predicted molar refractivity (Wildman–Crippen MR) is 70.9 cm³/mol. The first-order valence-electron chi connectivity index (χ1n) is 5.56. The fraction of sp³-hybridized carbons (Fsp3) is 0.0769. The Labute approximate surface area is 116 Å². The zero-order valence-electron chi connectivity index (χ0n) is 10.5. The van der Waals surface area contributed by atoms with E-state index >= 15 is 0 Å². The van der Waals surface area contributed by atoms with E-state index in [1.54, 1.807) is 0 Å². The van der Waals surface area contributed by atoms with Gasteiger partial charge in [-0.15, -0.1) is 0 Å². The van der Waals surface area contributed by atoms with Crippen LogP contribution >= 0.6 is 0 Å². The Hall–Kier alpha value is -2.46. The standard InChI is InChI=1S/C13H10FN3O2S/c1-17(12-5-2-10(14)3-6-12)20(18,19)13-7-4-11(8-15)16-9-13/h2-7,9H,1H3. The molecule has 0 saturated carbocycles. The van der Waals surface area contributed by atoms with E-state index in [2.05, 4.69) is 4.98 Å². The average Bonchev–Trinajstić information content (AvgIpc) is 2.47. The van der Waals surface area contributed by atoms with Crippen molar-refractivity contribution in [3.8, 4) is 6.07 Å². The monoisotopic (exact) mass is 291 g/mol. The molecule has 102 valence electrons. The van der Waals surface area contributed by atoms with E-state index in [9.17, 15) is 12.8 Å². The molecule has 0 bridgehead atoms. The summed E-state index contributed by atoms with van der Waals surface area (Å²) in [5.74, 6) is -0.445. The summed E-state index contributed by atoms with van der Waals surface area (Å²) in [5, 5.41) is 8.64. The molecule has 0 atom stereocenters. The van der Waals surface area contributed by atoms with Crippen LogP contribution in [0.5, 0.6) is 0 Å². The molecule has 0 aliphatic heterocycles. The van der Waals surface area contributed by atoms with Crippen molar-refractivity contribution in [3.63, 3.8) is 0 Å². The topological polar surface area (TPSA) is 74.1 Å².